The summed E-state index contributed by atoms with van der Waals surface area (Å²) in [6.45, 7) is 7.41. The third kappa shape index (κ3) is 29.3. The summed E-state index contributed by atoms with van der Waals surface area (Å²) < 4.78 is 38.0. The largest absolute Gasteiger partial charge is 0.396 e. The number of hydrogen-bond donors (Lipinski definition) is 4. The Morgan fingerprint density at radius 3 is 1.73 bits per heavy atom. The SMILES string of the molecule is CN(CCC(=O)NCCOCCOCCOCCOCCOCCOCCOCCN=C/C(CCO)=N\N)C(=O)/C=C\C=N. The molecule has 0 saturated carbocycles. The van der Waals surface area contributed by atoms with Gasteiger partial charge in [-0.15, -0.1) is 0 Å². The van der Waals surface area contributed by atoms with E-state index >= 15 is 0 Å². The summed E-state index contributed by atoms with van der Waals surface area (Å²) in [5.41, 5.74) is 0.540. The van der Waals surface area contributed by atoms with Crippen LogP contribution in [0.15, 0.2) is 22.2 Å². The number of nitrogens with zero attached hydrogens (tertiary/aromatic N) is 3. The topological polar surface area (TPSA) is 209 Å². The summed E-state index contributed by atoms with van der Waals surface area (Å²) in [5.74, 6) is 4.76. The molecule has 0 aliphatic carbocycles. The number of aliphatic imine (C=N–C) groups is 1. The van der Waals surface area contributed by atoms with Crippen LogP contribution in [0.4, 0.5) is 0 Å². The fourth-order valence-corrected chi connectivity index (χ4v) is 2.97. The number of carbonyl (C=O) groups is 2. The van der Waals surface area contributed by atoms with Gasteiger partial charge >= 0.3 is 0 Å². The van der Waals surface area contributed by atoms with Gasteiger partial charge in [-0.25, -0.2) is 0 Å². The Kier molecular flexibility index (Phi) is 30.9. The minimum absolute atomic E-state index is 0.0214. The van der Waals surface area contributed by atoms with E-state index in [1.54, 1.807) is 7.05 Å². The van der Waals surface area contributed by atoms with Crippen molar-refractivity contribution in [1.29, 1.82) is 5.41 Å². The van der Waals surface area contributed by atoms with E-state index in [2.05, 4.69) is 15.4 Å². The van der Waals surface area contributed by atoms with E-state index < -0.39 is 0 Å². The summed E-state index contributed by atoms with van der Waals surface area (Å²) in [4.78, 5) is 29.0. The zero-order valence-corrected chi connectivity index (χ0v) is 26.0. The molecule has 0 aromatic carbocycles. The molecule has 0 spiro atoms. The number of aliphatic hydroxyl groups is 1. The molecule has 0 saturated heterocycles. The van der Waals surface area contributed by atoms with Gasteiger partial charge in [0.25, 0.3) is 0 Å². The molecule has 0 radical (unpaired) electrons. The van der Waals surface area contributed by atoms with Crippen LogP contribution in [0, 0.1) is 5.41 Å². The fraction of sp³-hybridized carbons (Fsp3) is 0.750. The molecule has 0 fully saturated rings. The Labute approximate surface area is 260 Å². The van der Waals surface area contributed by atoms with Crippen LogP contribution < -0.4 is 11.2 Å². The number of nitrogens with two attached hydrogens (primary N) is 1. The molecule has 0 aliphatic rings. The maximum atomic E-state index is 11.8. The lowest BCUT2D eigenvalue weighted by molar-refractivity contribution is -0.126. The molecular formula is C28H52N6O10. The first-order valence-corrected chi connectivity index (χ1v) is 14.7. The van der Waals surface area contributed by atoms with E-state index in [-0.39, 0.29) is 24.8 Å². The Bertz CT molecular complexity index is 801. The highest BCUT2D eigenvalue weighted by Gasteiger charge is 2.07. The van der Waals surface area contributed by atoms with Gasteiger partial charge in [-0.05, 0) is 6.08 Å². The number of carbonyl (C=O) groups excluding carboxylic acids is 2. The summed E-state index contributed by atoms with van der Waals surface area (Å²) in [6, 6.07) is 0. The van der Waals surface area contributed by atoms with Crippen LogP contribution in [0.5, 0.6) is 0 Å². The van der Waals surface area contributed by atoms with Crippen LogP contribution in [0.25, 0.3) is 0 Å². The second kappa shape index (κ2) is 33.1. The van der Waals surface area contributed by atoms with Crippen molar-refractivity contribution in [2.45, 2.75) is 12.8 Å². The normalized spacial score (nSPS) is 11.9. The van der Waals surface area contributed by atoms with Crippen LogP contribution in [0.3, 0.4) is 0 Å². The van der Waals surface area contributed by atoms with Gasteiger partial charge in [0.2, 0.25) is 11.8 Å². The zero-order valence-electron chi connectivity index (χ0n) is 26.0. The quantitative estimate of drug-likeness (QED) is 0.0233. The van der Waals surface area contributed by atoms with Crippen LogP contribution in [0.2, 0.25) is 0 Å². The molecular weight excluding hydrogens is 580 g/mol. The standard InChI is InChI=1S/C28H52N6O10/c1-34(28(37)3-2-6-29)9-4-27(36)32-8-12-39-14-16-41-18-20-43-22-24-44-23-21-42-19-17-40-15-13-38-11-7-31-25-26(33-30)5-10-35/h2-3,6,25,29,35H,4-5,7-24,30H2,1H3,(H,32,36)/b3-2-,29-6?,31-25?,33-26-. The number of rotatable bonds is 32. The molecule has 0 heterocycles. The fourth-order valence-electron chi connectivity index (χ4n) is 2.97. The molecule has 44 heavy (non-hydrogen) atoms. The van der Waals surface area contributed by atoms with Crippen molar-refractivity contribution >= 4 is 30.0 Å². The minimum atomic E-state index is -0.257. The lowest BCUT2D eigenvalue weighted by Gasteiger charge is -2.14. The molecule has 0 atom stereocenters. The predicted molar refractivity (Wildman–Crippen MR) is 166 cm³/mol. The number of likely N-dealkylation sites (N-methyl/N-ethyl adjacent to an activating group) is 1. The number of ether oxygens (including phenoxy) is 7. The molecule has 0 rings (SSSR count). The second-order valence-corrected chi connectivity index (χ2v) is 8.80. The van der Waals surface area contributed by atoms with Gasteiger partial charge in [-0.1, -0.05) is 0 Å². The molecule has 0 unspecified atom stereocenters. The maximum Gasteiger partial charge on any atom is 0.246 e. The van der Waals surface area contributed by atoms with Crippen LogP contribution in [0.1, 0.15) is 12.8 Å². The van der Waals surface area contributed by atoms with Crippen molar-refractivity contribution in [2.24, 2.45) is 15.9 Å². The third-order valence-corrected chi connectivity index (χ3v) is 5.32. The van der Waals surface area contributed by atoms with Gasteiger partial charge in [0, 0.05) is 58.1 Å². The summed E-state index contributed by atoms with van der Waals surface area (Å²) in [5, 5.41) is 21.9. The number of nitrogens with one attached hydrogen (secondary N) is 2. The molecule has 0 aromatic heterocycles. The van der Waals surface area contributed by atoms with Crippen LogP contribution >= 0.6 is 0 Å². The Morgan fingerprint density at radius 1 is 0.795 bits per heavy atom. The number of hydrogen-bond acceptors (Lipinski definition) is 14. The highest BCUT2D eigenvalue weighted by Crippen LogP contribution is 1.91. The average molecular weight is 633 g/mol. The van der Waals surface area contributed by atoms with Crippen molar-refractivity contribution in [3.63, 3.8) is 0 Å². The highest BCUT2D eigenvalue weighted by molar-refractivity contribution is 6.30. The van der Waals surface area contributed by atoms with Crippen molar-refractivity contribution in [3.05, 3.63) is 12.2 Å². The summed E-state index contributed by atoms with van der Waals surface area (Å²) in [6.07, 6.45) is 5.74. The average Bonchev–Trinajstić information content (AvgIpc) is 3.03. The number of hydrazone groups is 1. The Morgan fingerprint density at radius 2 is 1.27 bits per heavy atom. The lowest BCUT2D eigenvalue weighted by Crippen LogP contribution is -2.33. The first-order chi connectivity index (χ1) is 21.5. The van der Waals surface area contributed by atoms with E-state index in [9.17, 15) is 9.59 Å². The highest BCUT2D eigenvalue weighted by atomic mass is 16.6. The van der Waals surface area contributed by atoms with E-state index in [1.165, 1.54) is 23.3 Å². The molecule has 16 nitrogen and oxygen atoms in total. The molecule has 0 aromatic rings. The number of amides is 2. The van der Waals surface area contributed by atoms with Crippen molar-refractivity contribution in [2.75, 3.05) is 126 Å². The van der Waals surface area contributed by atoms with Crippen molar-refractivity contribution in [1.82, 2.24) is 10.2 Å². The van der Waals surface area contributed by atoms with Gasteiger partial charge in [-0.2, -0.15) is 5.10 Å². The van der Waals surface area contributed by atoms with Crippen LogP contribution in [-0.4, -0.2) is 166 Å². The van der Waals surface area contributed by atoms with E-state index in [1.807, 2.05) is 0 Å². The Balaban J connectivity index is 3.28. The van der Waals surface area contributed by atoms with Crippen molar-refractivity contribution < 1.29 is 47.9 Å². The molecule has 0 aliphatic heterocycles. The minimum Gasteiger partial charge on any atom is -0.396 e. The monoisotopic (exact) mass is 632 g/mol. The molecule has 5 N–H and O–H groups in total. The summed E-state index contributed by atoms with van der Waals surface area (Å²) in [7, 11) is 1.60. The molecule has 0 bridgehead atoms. The number of allylic oxidation sites excluding steroid dienone is 1. The number of aliphatic hydroxyl groups excluding tert-OH is 1. The second-order valence-electron chi connectivity index (χ2n) is 8.80. The van der Waals surface area contributed by atoms with E-state index in [0.717, 1.165) is 6.21 Å². The van der Waals surface area contributed by atoms with E-state index in [0.29, 0.717) is 124 Å². The maximum absolute atomic E-state index is 11.8. The predicted octanol–water partition coefficient (Wildman–Crippen LogP) is -0.959. The zero-order chi connectivity index (χ0) is 32.4. The van der Waals surface area contributed by atoms with Gasteiger partial charge < -0.3 is 59.7 Å². The van der Waals surface area contributed by atoms with Crippen molar-refractivity contribution in [3.8, 4) is 0 Å². The summed E-state index contributed by atoms with van der Waals surface area (Å²) >= 11 is 0. The van der Waals surface area contributed by atoms with Gasteiger partial charge in [0.1, 0.15) is 0 Å². The molecule has 254 valence electrons. The Hall–Kier alpha value is -2.83. The van der Waals surface area contributed by atoms with Gasteiger partial charge in [0.05, 0.1) is 105 Å². The van der Waals surface area contributed by atoms with Crippen LogP contribution in [-0.2, 0) is 42.7 Å². The molecule has 2 amide bonds. The smallest absolute Gasteiger partial charge is 0.246 e. The lowest BCUT2D eigenvalue weighted by atomic mass is 10.3. The first-order valence-electron chi connectivity index (χ1n) is 14.7. The first kappa shape index (κ1) is 41.2. The third-order valence-electron chi connectivity index (χ3n) is 5.32. The molecule has 16 heteroatoms. The van der Waals surface area contributed by atoms with Gasteiger partial charge in [-0.3, -0.25) is 14.6 Å². The van der Waals surface area contributed by atoms with Gasteiger partial charge in [0.15, 0.2) is 0 Å². The van der Waals surface area contributed by atoms with E-state index in [4.69, 9.17) is 49.5 Å².